The molecule has 3 heteroatoms. The van der Waals surface area contributed by atoms with E-state index in [0.717, 1.165) is 42.6 Å². The van der Waals surface area contributed by atoms with Gasteiger partial charge in [0.15, 0.2) is 0 Å². The minimum absolute atomic E-state index is 0.660. The molecule has 1 N–H and O–H groups in total. The summed E-state index contributed by atoms with van der Waals surface area (Å²) in [4.78, 5) is 0. The summed E-state index contributed by atoms with van der Waals surface area (Å²) in [6, 6.07) is 17.0. The van der Waals surface area contributed by atoms with Crippen molar-refractivity contribution in [2.45, 2.75) is 19.3 Å². The molecular formula is C20H22BrNO. The van der Waals surface area contributed by atoms with Gasteiger partial charge >= 0.3 is 0 Å². The van der Waals surface area contributed by atoms with E-state index in [4.69, 9.17) is 4.74 Å². The minimum Gasteiger partial charge on any atom is -0.488 e. The Morgan fingerprint density at radius 1 is 1.00 bits per heavy atom. The molecule has 23 heavy (non-hydrogen) atoms. The fourth-order valence-corrected chi connectivity index (χ4v) is 3.09. The summed E-state index contributed by atoms with van der Waals surface area (Å²) in [7, 11) is 0. The average Bonchev–Trinajstić information content (AvgIpc) is 2.62. The highest BCUT2D eigenvalue weighted by molar-refractivity contribution is 9.10. The van der Waals surface area contributed by atoms with E-state index in [2.05, 4.69) is 75.9 Å². The van der Waals surface area contributed by atoms with E-state index in [9.17, 15) is 0 Å². The Labute approximate surface area is 146 Å². The second-order valence-electron chi connectivity index (χ2n) is 5.87. The van der Waals surface area contributed by atoms with E-state index in [1.54, 1.807) is 0 Å². The Hall–Kier alpha value is -1.58. The monoisotopic (exact) mass is 371 g/mol. The largest absolute Gasteiger partial charge is 0.488 e. The smallest absolute Gasteiger partial charge is 0.134 e. The first-order valence-electron chi connectivity index (χ1n) is 8.15. The van der Waals surface area contributed by atoms with Crippen LogP contribution >= 0.6 is 15.9 Å². The lowest BCUT2D eigenvalue weighted by molar-refractivity contribution is 0.343. The van der Waals surface area contributed by atoms with Gasteiger partial charge in [0, 0.05) is 6.54 Å². The molecule has 0 fully saturated rings. The summed E-state index contributed by atoms with van der Waals surface area (Å²) < 4.78 is 7.03. The van der Waals surface area contributed by atoms with Crippen LogP contribution in [0.4, 0.5) is 0 Å². The molecule has 0 radical (unpaired) electrons. The van der Waals surface area contributed by atoms with Crippen molar-refractivity contribution in [3.8, 4) is 5.75 Å². The topological polar surface area (TPSA) is 21.3 Å². The van der Waals surface area contributed by atoms with Crippen LogP contribution in [-0.2, 0) is 12.8 Å². The summed E-state index contributed by atoms with van der Waals surface area (Å²) in [5.41, 5.74) is 4.01. The number of ether oxygens (including phenoxy) is 1. The third-order valence-corrected chi connectivity index (χ3v) is 4.72. The van der Waals surface area contributed by atoms with Gasteiger partial charge in [-0.05, 0) is 70.6 Å². The molecule has 2 nitrogen and oxygen atoms in total. The highest BCUT2D eigenvalue weighted by Gasteiger charge is 2.07. The molecule has 1 heterocycles. The van der Waals surface area contributed by atoms with Gasteiger partial charge in [0.2, 0.25) is 0 Å². The molecule has 0 bridgehead atoms. The Balaban J connectivity index is 1.60. The number of aryl methyl sites for hydroxylation is 2. The zero-order chi connectivity index (χ0) is 15.9. The summed E-state index contributed by atoms with van der Waals surface area (Å²) in [6.45, 7) is 2.67. The van der Waals surface area contributed by atoms with Crippen molar-refractivity contribution in [2.24, 2.45) is 0 Å². The van der Waals surface area contributed by atoms with E-state index in [1.165, 1.54) is 16.7 Å². The number of hydrogen-bond acceptors (Lipinski definition) is 2. The lowest BCUT2D eigenvalue weighted by Crippen LogP contribution is -2.24. The van der Waals surface area contributed by atoms with Gasteiger partial charge in [0.1, 0.15) is 12.4 Å². The molecular weight excluding hydrogens is 350 g/mol. The van der Waals surface area contributed by atoms with Crippen LogP contribution in [-0.4, -0.2) is 19.7 Å². The van der Waals surface area contributed by atoms with Crippen LogP contribution in [0.25, 0.3) is 0 Å². The molecule has 0 spiro atoms. The molecule has 0 amide bonds. The molecule has 0 unspecified atom stereocenters. The van der Waals surface area contributed by atoms with Crippen molar-refractivity contribution in [1.82, 2.24) is 5.32 Å². The predicted molar refractivity (Wildman–Crippen MR) is 99.1 cm³/mol. The number of rotatable bonds is 6. The van der Waals surface area contributed by atoms with Crippen molar-refractivity contribution >= 4 is 15.9 Å². The van der Waals surface area contributed by atoms with Gasteiger partial charge in [-0.1, -0.05) is 42.5 Å². The van der Waals surface area contributed by atoms with E-state index >= 15 is 0 Å². The summed E-state index contributed by atoms with van der Waals surface area (Å²) in [6.07, 6.45) is 5.45. The molecule has 1 aliphatic rings. The van der Waals surface area contributed by atoms with Gasteiger partial charge in [-0.25, -0.2) is 0 Å². The first-order chi connectivity index (χ1) is 11.3. The predicted octanol–water partition coefficient (Wildman–Crippen LogP) is 4.53. The van der Waals surface area contributed by atoms with Crippen LogP contribution in [0.1, 0.15) is 17.5 Å². The van der Waals surface area contributed by atoms with E-state index in [1.807, 2.05) is 0 Å². The zero-order valence-corrected chi connectivity index (χ0v) is 14.8. The highest BCUT2D eigenvalue weighted by atomic mass is 79.9. The first kappa shape index (κ1) is 16.3. The maximum atomic E-state index is 6.01. The molecule has 0 aromatic heterocycles. The highest BCUT2D eigenvalue weighted by Crippen LogP contribution is 2.27. The van der Waals surface area contributed by atoms with Gasteiger partial charge in [-0.3, -0.25) is 0 Å². The average molecular weight is 372 g/mol. The van der Waals surface area contributed by atoms with Gasteiger partial charge in [-0.2, -0.15) is 0 Å². The van der Waals surface area contributed by atoms with Crippen molar-refractivity contribution < 1.29 is 4.74 Å². The molecule has 120 valence electrons. The third kappa shape index (κ3) is 4.95. The van der Waals surface area contributed by atoms with Gasteiger partial charge < -0.3 is 10.1 Å². The number of benzene rings is 2. The van der Waals surface area contributed by atoms with E-state index in [-0.39, 0.29) is 0 Å². The molecule has 0 atom stereocenters. The fraction of sp³-hybridized carbons (Fsp3) is 0.300. The Kier molecular flexibility index (Phi) is 5.89. The van der Waals surface area contributed by atoms with Crippen LogP contribution in [0, 0.1) is 0 Å². The third-order valence-electron chi connectivity index (χ3n) is 4.06. The van der Waals surface area contributed by atoms with E-state index < -0.39 is 0 Å². The molecule has 2 aromatic carbocycles. The first-order valence-corrected chi connectivity index (χ1v) is 8.94. The normalized spacial score (nSPS) is 14.4. The molecule has 1 aliphatic heterocycles. The van der Waals surface area contributed by atoms with Gasteiger partial charge in [0.05, 0.1) is 4.47 Å². The summed E-state index contributed by atoms with van der Waals surface area (Å²) in [5.74, 6) is 0.932. The quantitative estimate of drug-likeness (QED) is 0.753. The SMILES string of the molecule is Brc1ccc(CCc2ccccc2)cc1OCC1=CCCNC1. The van der Waals surface area contributed by atoms with E-state index in [0.29, 0.717) is 6.61 Å². The van der Waals surface area contributed by atoms with Crippen LogP contribution < -0.4 is 10.1 Å². The van der Waals surface area contributed by atoms with Gasteiger partial charge in [0.25, 0.3) is 0 Å². The van der Waals surface area contributed by atoms with Crippen LogP contribution in [0.2, 0.25) is 0 Å². The summed E-state index contributed by atoms with van der Waals surface area (Å²) >= 11 is 3.59. The van der Waals surface area contributed by atoms with Crippen LogP contribution in [0.3, 0.4) is 0 Å². The van der Waals surface area contributed by atoms with Crippen molar-refractivity contribution in [3.05, 3.63) is 75.8 Å². The molecule has 0 saturated heterocycles. The molecule has 2 aromatic rings. The number of nitrogens with one attached hydrogen (secondary N) is 1. The standard InChI is InChI=1S/C20H22BrNO/c21-19-11-10-17(9-8-16-5-2-1-3-6-16)13-20(19)23-15-18-7-4-12-22-14-18/h1-3,5-7,10-11,13,22H,4,8-9,12,14-15H2. The van der Waals surface area contributed by atoms with Crippen molar-refractivity contribution in [2.75, 3.05) is 19.7 Å². The molecule has 0 aliphatic carbocycles. The summed E-state index contributed by atoms with van der Waals surface area (Å²) in [5, 5.41) is 3.38. The maximum absolute atomic E-state index is 6.01. The van der Waals surface area contributed by atoms with Crippen LogP contribution in [0.15, 0.2) is 64.7 Å². The molecule has 0 saturated carbocycles. The van der Waals surface area contributed by atoms with Crippen molar-refractivity contribution in [3.63, 3.8) is 0 Å². The van der Waals surface area contributed by atoms with Crippen molar-refractivity contribution in [1.29, 1.82) is 0 Å². The number of halogens is 1. The Morgan fingerprint density at radius 3 is 2.61 bits per heavy atom. The molecule has 3 rings (SSSR count). The lowest BCUT2D eigenvalue weighted by atomic mass is 10.0. The second-order valence-corrected chi connectivity index (χ2v) is 6.72. The minimum atomic E-state index is 0.660. The Morgan fingerprint density at radius 2 is 1.83 bits per heavy atom. The zero-order valence-electron chi connectivity index (χ0n) is 13.2. The number of hydrogen-bond donors (Lipinski definition) is 1. The van der Waals surface area contributed by atoms with Gasteiger partial charge in [-0.15, -0.1) is 0 Å². The second kappa shape index (κ2) is 8.32. The fourth-order valence-electron chi connectivity index (χ4n) is 2.73. The maximum Gasteiger partial charge on any atom is 0.134 e. The van der Waals surface area contributed by atoms with Crippen LogP contribution in [0.5, 0.6) is 5.75 Å². The lowest BCUT2D eigenvalue weighted by Gasteiger charge is -2.16. The Bertz CT molecular complexity index is 667.